The second-order valence-corrected chi connectivity index (χ2v) is 16.4. The van der Waals surface area contributed by atoms with Crippen molar-refractivity contribution in [1.82, 2.24) is 19.5 Å². The number of benzene rings is 4. The van der Waals surface area contributed by atoms with Crippen LogP contribution in [0.4, 0.5) is 11.4 Å². The molecule has 0 amide bonds. The number of nitrogens with zero attached hydrogens (tertiary/aromatic N) is 5. The molecule has 0 bridgehead atoms. The molecule has 58 heavy (non-hydrogen) atoms. The Morgan fingerprint density at radius 1 is 0.690 bits per heavy atom. The zero-order valence-corrected chi connectivity index (χ0v) is 33.0. The molecule has 3 heterocycles. The van der Waals surface area contributed by atoms with E-state index in [9.17, 15) is 0 Å². The SMILES string of the molecule is CC1C=CC(c2nc(C3=CC=CCC3)nc(-c3ccc(N4c5ccc(C6=Cc7c(n(-c8ccccc8)c8ccccc78)CC6C)cc5C5=CC=CCC54)cc3)n2)=CC1. The van der Waals surface area contributed by atoms with Gasteiger partial charge in [0, 0.05) is 50.4 Å². The lowest BCUT2D eigenvalue weighted by atomic mass is 9.82. The quantitative estimate of drug-likeness (QED) is 0.170. The molecule has 5 heteroatoms. The van der Waals surface area contributed by atoms with Crippen molar-refractivity contribution >= 4 is 50.6 Å². The van der Waals surface area contributed by atoms with E-state index in [1.807, 2.05) is 0 Å². The van der Waals surface area contributed by atoms with Gasteiger partial charge in [0.15, 0.2) is 17.5 Å². The fourth-order valence-electron chi connectivity index (χ4n) is 9.62. The molecule has 4 aliphatic carbocycles. The summed E-state index contributed by atoms with van der Waals surface area (Å²) in [4.78, 5) is 17.6. The van der Waals surface area contributed by atoms with Gasteiger partial charge < -0.3 is 9.47 Å². The van der Waals surface area contributed by atoms with E-state index < -0.39 is 0 Å². The Morgan fingerprint density at radius 3 is 2.31 bits per heavy atom. The Bertz CT molecular complexity index is 2840. The summed E-state index contributed by atoms with van der Waals surface area (Å²) < 4.78 is 2.47. The molecule has 4 aromatic carbocycles. The third-order valence-corrected chi connectivity index (χ3v) is 12.6. The minimum absolute atomic E-state index is 0.239. The Kier molecular flexibility index (Phi) is 8.42. The van der Waals surface area contributed by atoms with Gasteiger partial charge in [0.05, 0.1) is 11.6 Å². The van der Waals surface area contributed by atoms with Crippen molar-refractivity contribution in [2.45, 2.75) is 52.0 Å². The lowest BCUT2D eigenvalue weighted by Gasteiger charge is -2.28. The zero-order chi connectivity index (χ0) is 38.7. The maximum atomic E-state index is 5.06. The smallest absolute Gasteiger partial charge is 0.164 e. The minimum Gasteiger partial charge on any atom is -0.333 e. The van der Waals surface area contributed by atoms with Gasteiger partial charge in [-0.1, -0.05) is 111 Å². The summed E-state index contributed by atoms with van der Waals surface area (Å²) in [6.45, 7) is 4.63. The summed E-state index contributed by atoms with van der Waals surface area (Å²) in [6, 6.07) is 36.0. The summed E-state index contributed by atoms with van der Waals surface area (Å²) >= 11 is 0. The Morgan fingerprint density at radius 2 is 1.48 bits per heavy atom. The lowest BCUT2D eigenvalue weighted by Crippen LogP contribution is -2.27. The predicted octanol–water partition coefficient (Wildman–Crippen LogP) is 12.8. The van der Waals surface area contributed by atoms with Crippen LogP contribution < -0.4 is 4.90 Å². The molecule has 2 aromatic heterocycles. The molecule has 0 spiro atoms. The molecule has 3 atom stereocenters. The lowest BCUT2D eigenvalue weighted by molar-refractivity contribution is 0.708. The van der Waals surface area contributed by atoms with Gasteiger partial charge in [-0.3, -0.25) is 0 Å². The first-order valence-corrected chi connectivity index (χ1v) is 20.9. The topological polar surface area (TPSA) is 46.8 Å². The predicted molar refractivity (Wildman–Crippen MR) is 241 cm³/mol. The molecule has 0 fully saturated rings. The molecule has 0 radical (unpaired) electrons. The number of allylic oxidation sites excluding steroid dienone is 11. The second kappa shape index (κ2) is 14.1. The van der Waals surface area contributed by atoms with Crippen LogP contribution in [0.1, 0.15) is 73.6 Å². The van der Waals surface area contributed by atoms with Crippen LogP contribution in [-0.4, -0.2) is 25.6 Å². The van der Waals surface area contributed by atoms with E-state index in [1.165, 1.54) is 61.5 Å². The van der Waals surface area contributed by atoms with Crippen molar-refractivity contribution in [1.29, 1.82) is 0 Å². The summed E-state index contributed by atoms with van der Waals surface area (Å²) in [6.07, 6.45) is 27.4. The average molecular weight is 752 g/mol. The van der Waals surface area contributed by atoms with Gasteiger partial charge in [-0.15, -0.1) is 0 Å². The summed E-state index contributed by atoms with van der Waals surface area (Å²) in [5, 5.41) is 1.31. The van der Waals surface area contributed by atoms with Gasteiger partial charge in [-0.25, -0.2) is 15.0 Å². The van der Waals surface area contributed by atoms with E-state index in [1.54, 1.807) is 0 Å². The molecule has 0 saturated heterocycles. The molecule has 3 unspecified atom stereocenters. The highest BCUT2D eigenvalue weighted by Crippen LogP contribution is 2.50. The van der Waals surface area contributed by atoms with E-state index >= 15 is 0 Å². The van der Waals surface area contributed by atoms with Crippen molar-refractivity contribution in [3.05, 3.63) is 186 Å². The average Bonchev–Trinajstić information content (AvgIpc) is 3.78. The number of rotatable bonds is 6. The molecule has 5 aliphatic rings. The standard InChI is InChI=1S/C53H45N5/c1-34-21-23-37(24-22-34)52-54-51(36-13-5-3-6-14-36)55-53(56-52)38-25-28-41(29-26-38)57-47-19-11-9-17-42(47)45-32-39(27-30-49(45)57)44-33-46-43-18-10-12-20-48(43)58(50(46)31-35(44)2)40-15-7-4-8-16-40/h3-5,7-13,15-18,20-21,23-30,32-35,47H,6,14,19,22,31H2,1-2H3. The highest BCUT2D eigenvalue weighted by Gasteiger charge is 2.36. The largest absolute Gasteiger partial charge is 0.333 e. The van der Waals surface area contributed by atoms with Crippen LogP contribution in [-0.2, 0) is 6.42 Å². The number of hydrogen-bond acceptors (Lipinski definition) is 4. The first kappa shape index (κ1) is 34.6. The highest BCUT2D eigenvalue weighted by atomic mass is 15.2. The van der Waals surface area contributed by atoms with Crippen LogP contribution in [0.25, 0.3) is 56.3 Å². The third kappa shape index (κ3) is 5.87. The van der Waals surface area contributed by atoms with E-state index in [0.717, 1.165) is 60.5 Å². The molecule has 282 valence electrons. The van der Waals surface area contributed by atoms with Crippen molar-refractivity contribution in [3.63, 3.8) is 0 Å². The Hall–Kier alpha value is -6.59. The number of anilines is 2. The van der Waals surface area contributed by atoms with Gasteiger partial charge in [-0.05, 0) is 127 Å². The zero-order valence-electron chi connectivity index (χ0n) is 33.0. The first-order valence-electron chi connectivity index (χ1n) is 20.9. The monoisotopic (exact) mass is 751 g/mol. The summed E-state index contributed by atoms with van der Waals surface area (Å²) in [5.74, 6) is 3.13. The maximum Gasteiger partial charge on any atom is 0.164 e. The van der Waals surface area contributed by atoms with Gasteiger partial charge in [0.1, 0.15) is 0 Å². The summed E-state index contributed by atoms with van der Waals surface area (Å²) in [7, 11) is 0. The van der Waals surface area contributed by atoms with Crippen LogP contribution in [0, 0.1) is 11.8 Å². The fraction of sp³-hybridized carbons (Fsp3) is 0.189. The molecule has 6 aromatic rings. The van der Waals surface area contributed by atoms with Crippen LogP contribution in [0.2, 0.25) is 0 Å². The maximum absolute atomic E-state index is 5.06. The van der Waals surface area contributed by atoms with Gasteiger partial charge >= 0.3 is 0 Å². The van der Waals surface area contributed by atoms with E-state index in [-0.39, 0.29) is 6.04 Å². The van der Waals surface area contributed by atoms with Crippen LogP contribution in [0.15, 0.2) is 152 Å². The molecule has 0 N–H and O–H groups in total. The van der Waals surface area contributed by atoms with Crippen LogP contribution in [0.3, 0.4) is 0 Å². The van der Waals surface area contributed by atoms with Crippen molar-refractivity contribution < 1.29 is 0 Å². The van der Waals surface area contributed by atoms with Gasteiger partial charge in [0.25, 0.3) is 0 Å². The molecule has 11 rings (SSSR count). The fourth-order valence-corrected chi connectivity index (χ4v) is 9.62. The molecule has 0 saturated carbocycles. The van der Waals surface area contributed by atoms with E-state index in [4.69, 9.17) is 15.0 Å². The van der Waals surface area contributed by atoms with Gasteiger partial charge in [-0.2, -0.15) is 0 Å². The van der Waals surface area contributed by atoms with Crippen LogP contribution >= 0.6 is 0 Å². The molecular weight excluding hydrogens is 707 g/mol. The third-order valence-electron chi connectivity index (χ3n) is 12.6. The van der Waals surface area contributed by atoms with Crippen molar-refractivity contribution in [3.8, 4) is 17.1 Å². The van der Waals surface area contributed by atoms with E-state index in [0.29, 0.717) is 17.7 Å². The number of para-hydroxylation sites is 2. The number of hydrogen-bond donors (Lipinski definition) is 0. The number of fused-ring (bicyclic) bond motifs is 6. The molecule has 5 nitrogen and oxygen atoms in total. The Balaban J connectivity index is 0.956. The minimum atomic E-state index is 0.239. The van der Waals surface area contributed by atoms with Crippen LogP contribution in [0.5, 0.6) is 0 Å². The van der Waals surface area contributed by atoms with E-state index in [2.05, 4.69) is 181 Å². The first-order chi connectivity index (χ1) is 28.6. The Labute approximate surface area is 340 Å². The molecular formula is C53H45N5. The second-order valence-electron chi connectivity index (χ2n) is 16.4. The highest BCUT2D eigenvalue weighted by molar-refractivity contribution is 6.01. The summed E-state index contributed by atoms with van der Waals surface area (Å²) in [5.41, 5.74) is 16.3. The molecule has 1 aliphatic heterocycles. The van der Waals surface area contributed by atoms with Crippen molar-refractivity contribution in [2.75, 3.05) is 4.90 Å². The van der Waals surface area contributed by atoms with Gasteiger partial charge in [0.2, 0.25) is 0 Å². The normalized spacial score (nSPS) is 20.6. The number of aromatic nitrogens is 4. The van der Waals surface area contributed by atoms with Crippen molar-refractivity contribution in [2.24, 2.45) is 11.8 Å².